The number of hydrogen-bond donors (Lipinski definition) is 0. The zero-order chi connectivity index (χ0) is 14.2. The maximum absolute atomic E-state index is 2.35. The largest absolute Gasteiger partial charge is 0.451 e. The lowest BCUT2D eigenvalue weighted by Crippen LogP contribution is -2.32. The van der Waals surface area contributed by atoms with E-state index < -0.39 is 0 Å². The molecule has 0 fully saturated rings. The SMILES string of the molecule is Cc1cc[c]([Mg][c]2ccc(C)c(C)c2C)c(C)c1C. The van der Waals surface area contributed by atoms with E-state index >= 15 is 0 Å². The van der Waals surface area contributed by atoms with Crippen molar-refractivity contribution >= 4 is 27.8 Å². The summed E-state index contributed by atoms with van der Waals surface area (Å²) in [7, 11) is 0. The van der Waals surface area contributed by atoms with Crippen molar-refractivity contribution in [2.45, 2.75) is 41.5 Å². The van der Waals surface area contributed by atoms with Gasteiger partial charge in [-0.15, -0.1) is 0 Å². The van der Waals surface area contributed by atoms with Gasteiger partial charge in [-0.05, 0) is 63.8 Å². The first-order chi connectivity index (χ1) is 8.91. The molecule has 0 bridgehead atoms. The zero-order valence-corrected chi connectivity index (χ0v) is 14.4. The predicted molar refractivity (Wildman–Crippen MR) is 86.3 cm³/mol. The van der Waals surface area contributed by atoms with Crippen LogP contribution in [0.3, 0.4) is 0 Å². The molecule has 0 aliphatic carbocycles. The molecule has 0 atom stereocenters. The molecule has 2 aromatic rings. The minimum atomic E-state index is -0.367. The monoisotopic (exact) mass is 262 g/mol. The molecule has 0 heterocycles. The van der Waals surface area contributed by atoms with Crippen LogP contribution in [-0.2, 0) is 0 Å². The summed E-state index contributed by atoms with van der Waals surface area (Å²) < 4.78 is 3.18. The highest BCUT2D eigenvalue weighted by atomic mass is 24.5. The average Bonchev–Trinajstić information content (AvgIpc) is 2.39. The highest BCUT2D eigenvalue weighted by Gasteiger charge is 2.11. The summed E-state index contributed by atoms with van der Waals surface area (Å²) in [6.45, 7) is 13.5. The fraction of sp³-hybridized carbons (Fsp3) is 0.333. The van der Waals surface area contributed by atoms with Crippen molar-refractivity contribution in [2.24, 2.45) is 0 Å². The summed E-state index contributed by atoms with van der Waals surface area (Å²) in [5, 5.41) is 0. The summed E-state index contributed by atoms with van der Waals surface area (Å²) in [5.74, 6) is 0. The van der Waals surface area contributed by atoms with E-state index in [1.807, 2.05) is 0 Å². The smallest absolute Gasteiger partial charge is 0.162 e. The lowest BCUT2D eigenvalue weighted by Gasteiger charge is -2.14. The fourth-order valence-electron chi connectivity index (χ4n) is 2.61. The van der Waals surface area contributed by atoms with Crippen LogP contribution < -0.4 is 7.39 Å². The highest BCUT2D eigenvalue weighted by molar-refractivity contribution is 6.68. The third kappa shape index (κ3) is 2.87. The van der Waals surface area contributed by atoms with E-state index in [1.165, 1.54) is 33.4 Å². The van der Waals surface area contributed by atoms with Gasteiger partial charge >= 0.3 is 20.4 Å². The molecule has 96 valence electrons. The van der Waals surface area contributed by atoms with E-state index in [-0.39, 0.29) is 20.4 Å². The molecule has 0 N–H and O–H groups in total. The van der Waals surface area contributed by atoms with Crippen LogP contribution in [-0.4, -0.2) is 20.4 Å². The first-order valence-corrected chi connectivity index (χ1v) is 8.44. The van der Waals surface area contributed by atoms with Crippen LogP contribution in [0.15, 0.2) is 24.3 Å². The number of benzene rings is 2. The van der Waals surface area contributed by atoms with Gasteiger partial charge in [0, 0.05) is 0 Å². The van der Waals surface area contributed by atoms with Crippen molar-refractivity contribution in [3.05, 3.63) is 57.6 Å². The van der Waals surface area contributed by atoms with Gasteiger partial charge in [-0.2, -0.15) is 7.39 Å². The quantitative estimate of drug-likeness (QED) is 0.729. The lowest BCUT2D eigenvalue weighted by molar-refractivity contribution is 1.28. The molecule has 0 spiro atoms. The molecule has 1 heteroatoms. The second-order valence-corrected chi connectivity index (χ2v) is 7.64. The maximum atomic E-state index is 2.35. The number of rotatable bonds is 2. The average molecular weight is 263 g/mol. The van der Waals surface area contributed by atoms with Gasteiger partial charge in [0.2, 0.25) is 0 Å². The van der Waals surface area contributed by atoms with Crippen molar-refractivity contribution in [1.29, 1.82) is 0 Å². The topological polar surface area (TPSA) is 0 Å². The van der Waals surface area contributed by atoms with Gasteiger partial charge < -0.3 is 0 Å². The van der Waals surface area contributed by atoms with Gasteiger partial charge in [-0.25, -0.2) is 0 Å². The molecule has 0 aliphatic rings. The number of aryl methyl sites for hydroxylation is 2. The Morgan fingerprint density at radius 2 is 0.895 bits per heavy atom. The Kier molecular flexibility index (Phi) is 4.37. The normalized spacial score (nSPS) is 10.4. The molecule has 0 saturated carbocycles. The Labute approximate surface area is 127 Å². The third-order valence-electron chi connectivity index (χ3n) is 4.72. The second-order valence-electron chi connectivity index (χ2n) is 5.76. The Bertz CT molecular complexity index is 569. The van der Waals surface area contributed by atoms with E-state index in [9.17, 15) is 0 Å². The second kappa shape index (κ2) is 5.68. The molecule has 0 aliphatic heterocycles. The van der Waals surface area contributed by atoms with Crippen LogP contribution in [0, 0.1) is 41.5 Å². The predicted octanol–water partition coefficient (Wildman–Crippen LogP) is 3.19. The lowest BCUT2D eigenvalue weighted by atomic mass is 10.0. The minimum Gasteiger partial charge on any atom is -0.162 e. The Morgan fingerprint density at radius 1 is 0.526 bits per heavy atom. The van der Waals surface area contributed by atoms with E-state index in [0.717, 1.165) is 0 Å². The summed E-state index contributed by atoms with van der Waals surface area (Å²) in [6.07, 6.45) is 0. The van der Waals surface area contributed by atoms with Gasteiger partial charge in [-0.1, -0.05) is 35.4 Å². The molecule has 0 saturated heterocycles. The van der Waals surface area contributed by atoms with Crippen molar-refractivity contribution in [2.75, 3.05) is 0 Å². The van der Waals surface area contributed by atoms with Crippen LogP contribution in [0.1, 0.15) is 33.4 Å². The van der Waals surface area contributed by atoms with Gasteiger partial charge in [0.05, 0.1) is 0 Å². The van der Waals surface area contributed by atoms with Gasteiger partial charge in [0.1, 0.15) is 0 Å². The summed E-state index contributed by atoms with van der Waals surface area (Å²) in [5.41, 5.74) is 8.76. The van der Waals surface area contributed by atoms with E-state index in [2.05, 4.69) is 65.8 Å². The Morgan fingerprint density at radius 3 is 1.26 bits per heavy atom. The first kappa shape index (κ1) is 14.6. The number of hydrogen-bond acceptors (Lipinski definition) is 0. The van der Waals surface area contributed by atoms with Crippen LogP contribution in [0.2, 0.25) is 0 Å². The molecule has 0 radical (unpaired) electrons. The molecule has 19 heavy (non-hydrogen) atoms. The van der Waals surface area contributed by atoms with Gasteiger partial charge in [0.25, 0.3) is 0 Å². The zero-order valence-electron chi connectivity index (χ0n) is 13.0. The van der Waals surface area contributed by atoms with E-state index in [1.54, 1.807) is 7.39 Å². The standard InChI is InChI=1S/2C9H11.Mg/c2*1-7-5-4-6-8(2)9(7)3;/h2*4-5H,1-3H3;. The van der Waals surface area contributed by atoms with Crippen molar-refractivity contribution in [3.63, 3.8) is 0 Å². The molecular weight excluding hydrogens is 241 g/mol. The van der Waals surface area contributed by atoms with Crippen molar-refractivity contribution in [3.8, 4) is 0 Å². The summed E-state index contributed by atoms with van der Waals surface area (Å²) >= 11 is -0.367. The minimum absolute atomic E-state index is 0.367. The first-order valence-electron chi connectivity index (χ1n) is 7.03. The van der Waals surface area contributed by atoms with Crippen LogP contribution in [0.4, 0.5) is 0 Å². The summed E-state index contributed by atoms with van der Waals surface area (Å²) in [4.78, 5) is 0. The van der Waals surface area contributed by atoms with E-state index in [4.69, 9.17) is 0 Å². The van der Waals surface area contributed by atoms with Crippen molar-refractivity contribution in [1.82, 2.24) is 0 Å². The molecule has 0 nitrogen and oxygen atoms in total. The third-order valence-corrected chi connectivity index (χ3v) is 7.02. The molecule has 2 rings (SSSR count). The van der Waals surface area contributed by atoms with E-state index in [0.29, 0.717) is 0 Å². The Hall–Kier alpha value is -0.794. The molecule has 0 unspecified atom stereocenters. The van der Waals surface area contributed by atoms with Crippen LogP contribution in [0.25, 0.3) is 0 Å². The van der Waals surface area contributed by atoms with Crippen LogP contribution in [0.5, 0.6) is 0 Å². The van der Waals surface area contributed by atoms with Crippen LogP contribution >= 0.6 is 0 Å². The van der Waals surface area contributed by atoms with Gasteiger partial charge in [0.15, 0.2) is 0 Å². The van der Waals surface area contributed by atoms with Gasteiger partial charge in [-0.3, -0.25) is 0 Å². The summed E-state index contributed by atoms with van der Waals surface area (Å²) in [6, 6.07) is 9.25. The highest BCUT2D eigenvalue weighted by Crippen LogP contribution is 2.11. The fourth-order valence-corrected chi connectivity index (χ4v) is 4.55. The Balaban J connectivity index is 2.43. The molecule has 0 amide bonds. The molecule has 0 aromatic heterocycles. The molecular formula is C18H22Mg. The molecule has 2 aromatic carbocycles. The maximum Gasteiger partial charge on any atom is 0.451 e. The van der Waals surface area contributed by atoms with Crippen molar-refractivity contribution < 1.29 is 0 Å².